The van der Waals surface area contributed by atoms with Gasteiger partial charge in [0.25, 0.3) is 0 Å². The maximum absolute atomic E-state index is 12.1. The molecule has 28 heavy (non-hydrogen) atoms. The van der Waals surface area contributed by atoms with Gasteiger partial charge in [0, 0.05) is 25.5 Å². The molecule has 1 heterocycles. The topological polar surface area (TPSA) is 93.1 Å². The lowest BCUT2D eigenvalue weighted by Gasteiger charge is -2.09. The molecular weight excluding hydrogens is 376 g/mol. The molecule has 3 rings (SSSR count). The predicted molar refractivity (Wildman–Crippen MR) is 107 cm³/mol. The van der Waals surface area contributed by atoms with Crippen LogP contribution in [-0.2, 0) is 16.3 Å². The van der Waals surface area contributed by atoms with Crippen molar-refractivity contribution in [3.05, 3.63) is 78.6 Å². The van der Waals surface area contributed by atoms with Crippen molar-refractivity contribution in [2.45, 2.75) is 11.3 Å². The highest BCUT2D eigenvalue weighted by atomic mass is 32.2. The Labute approximate surface area is 164 Å². The second-order valence-corrected chi connectivity index (χ2v) is 8.29. The number of hydrogen-bond donors (Lipinski definition) is 2. The molecule has 0 atom stereocenters. The fourth-order valence-corrected chi connectivity index (χ4v) is 3.84. The Kier molecular flexibility index (Phi) is 6.44. The summed E-state index contributed by atoms with van der Waals surface area (Å²) in [5.41, 5.74) is 2.06. The number of hydrogen-bond acceptors (Lipinski definition) is 4. The summed E-state index contributed by atoms with van der Waals surface area (Å²) in [4.78, 5) is 12.1. The first kappa shape index (κ1) is 19.6. The normalized spacial score (nSPS) is 11.1. The number of urea groups is 1. The molecule has 0 saturated carbocycles. The van der Waals surface area contributed by atoms with Crippen LogP contribution in [0.5, 0.6) is 0 Å². The molecule has 0 fully saturated rings. The largest absolute Gasteiger partial charge is 0.338 e. The van der Waals surface area contributed by atoms with E-state index in [2.05, 4.69) is 15.7 Å². The number of sulfone groups is 1. The Morgan fingerprint density at radius 2 is 1.64 bits per heavy atom. The van der Waals surface area contributed by atoms with Crippen LogP contribution in [0.2, 0.25) is 0 Å². The number of rotatable bonds is 8. The molecule has 0 aliphatic carbocycles. The monoisotopic (exact) mass is 398 g/mol. The summed E-state index contributed by atoms with van der Waals surface area (Å²) in [6.45, 7) is 0.514. The van der Waals surface area contributed by atoms with Crippen LogP contribution < -0.4 is 10.6 Å². The third kappa shape index (κ3) is 5.43. The van der Waals surface area contributed by atoms with Crippen molar-refractivity contribution in [2.75, 3.05) is 18.8 Å². The number of nitrogens with zero attached hydrogens (tertiary/aromatic N) is 2. The van der Waals surface area contributed by atoms with Gasteiger partial charge in [-0.2, -0.15) is 5.10 Å². The number of nitrogens with one attached hydrogen (secondary N) is 2. The number of carbonyl (C=O) groups is 1. The van der Waals surface area contributed by atoms with Gasteiger partial charge >= 0.3 is 6.03 Å². The van der Waals surface area contributed by atoms with Crippen molar-refractivity contribution < 1.29 is 13.2 Å². The second-order valence-electron chi connectivity index (χ2n) is 6.18. The van der Waals surface area contributed by atoms with E-state index in [0.29, 0.717) is 13.0 Å². The van der Waals surface area contributed by atoms with Crippen LogP contribution in [0.15, 0.2) is 78.0 Å². The Bertz CT molecular complexity index is 986. The van der Waals surface area contributed by atoms with Gasteiger partial charge in [-0.1, -0.05) is 30.3 Å². The molecule has 1 aromatic heterocycles. The van der Waals surface area contributed by atoms with E-state index < -0.39 is 9.84 Å². The summed E-state index contributed by atoms with van der Waals surface area (Å²) in [7, 11) is -3.39. The molecule has 2 aromatic carbocycles. The fourth-order valence-electron chi connectivity index (χ4n) is 2.66. The summed E-state index contributed by atoms with van der Waals surface area (Å²) in [5.74, 6) is -0.140. The lowest BCUT2D eigenvalue weighted by atomic mass is 10.1. The molecule has 3 aromatic rings. The van der Waals surface area contributed by atoms with E-state index in [0.717, 1.165) is 11.3 Å². The maximum Gasteiger partial charge on any atom is 0.314 e. The van der Waals surface area contributed by atoms with E-state index in [1.54, 1.807) is 41.2 Å². The Morgan fingerprint density at radius 1 is 0.929 bits per heavy atom. The third-order valence-corrected chi connectivity index (χ3v) is 5.90. The van der Waals surface area contributed by atoms with Gasteiger partial charge in [-0.15, -0.1) is 0 Å². The number of benzene rings is 2. The SMILES string of the molecule is O=C(NCCc1ccc(-n2cccn2)cc1)NCCS(=O)(=O)c1ccccc1. The number of amides is 2. The van der Waals surface area contributed by atoms with Crippen LogP contribution in [0.25, 0.3) is 5.69 Å². The molecule has 0 bridgehead atoms. The molecular formula is C20H22N4O3S. The molecule has 0 aliphatic rings. The highest BCUT2D eigenvalue weighted by molar-refractivity contribution is 7.91. The first-order valence-corrected chi connectivity index (χ1v) is 10.6. The summed E-state index contributed by atoms with van der Waals surface area (Å²) >= 11 is 0. The molecule has 0 saturated heterocycles. The van der Waals surface area contributed by atoms with E-state index >= 15 is 0 Å². The lowest BCUT2D eigenvalue weighted by Crippen LogP contribution is -2.38. The van der Waals surface area contributed by atoms with E-state index in [1.807, 2.05) is 36.5 Å². The van der Waals surface area contributed by atoms with Gasteiger partial charge in [0.1, 0.15) is 0 Å². The Hall–Kier alpha value is -3.13. The standard InChI is InChI=1S/C20H22N4O3S/c25-20(22-14-16-28(26,27)19-5-2-1-3-6-19)21-13-11-17-7-9-18(10-8-17)24-15-4-12-23-24/h1-10,12,15H,11,13-14,16H2,(H2,21,22,25). The van der Waals surface area contributed by atoms with Crippen LogP contribution in [0, 0.1) is 0 Å². The zero-order valence-electron chi connectivity index (χ0n) is 15.3. The van der Waals surface area contributed by atoms with Crippen molar-refractivity contribution in [2.24, 2.45) is 0 Å². The number of aromatic nitrogens is 2. The molecule has 0 unspecified atom stereocenters. The van der Waals surface area contributed by atoms with Crippen LogP contribution in [0.3, 0.4) is 0 Å². The van der Waals surface area contributed by atoms with E-state index in [-0.39, 0.29) is 23.2 Å². The first-order chi connectivity index (χ1) is 13.5. The molecule has 0 radical (unpaired) electrons. The van der Waals surface area contributed by atoms with E-state index in [9.17, 15) is 13.2 Å². The summed E-state index contributed by atoms with van der Waals surface area (Å²) in [6, 6.07) is 17.6. The fraction of sp³-hybridized carbons (Fsp3) is 0.200. The second kappa shape index (κ2) is 9.18. The molecule has 146 valence electrons. The lowest BCUT2D eigenvalue weighted by molar-refractivity contribution is 0.241. The van der Waals surface area contributed by atoms with Gasteiger partial charge in [-0.25, -0.2) is 17.9 Å². The molecule has 2 amide bonds. The molecule has 8 heteroatoms. The average Bonchev–Trinajstić information content (AvgIpc) is 3.24. The van der Waals surface area contributed by atoms with Crippen LogP contribution in [0.4, 0.5) is 4.79 Å². The Balaban J connectivity index is 1.38. The van der Waals surface area contributed by atoms with Gasteiger partial charge in [-0.3, -0.25) is 0 Å². The summed E-state index contributed by atoms with van der Waals surface area (Å²) < 4.78 is 26.1. The predicted octanol–water partition coefficient (Wildman–Crippen LogP) is 2.19. The molecule has 2 N–H and O–H groups in total. The van der Waals surface area contributed by atoms with Crippen molar-refractivity contribution in [3.8, 4) is 5.69 Å². The summed E-state index contributed by atoms with van der Waals surface area (Å²) in [5, 5.41) is 9.49. The first-order valence-electron chi connectivity index (χ1n) is 8.93. The molecule has 0 spiro atoms. The number of carbonyl (C=O) groups excluding carboxylic acids is 1. The highest BCUT2D eigenvalue weighted by Crippen LogP contribution is 2.10. The van der Waals surface area contributed by atoms with Crippen molar-refractivity contribution in [1.82, 2.24) is 20.4 Å². The van der Waals surface area contributed by atoms with Gasteiger partial charge in [0.15, 0.2) is 9.84 Å². The minimum Gasteiger partial charge on any atom is -0.338 e. The minimum absolute atomic E-state index is 0.0572. The molecule has 0 aliphatic heterocycles. The van der Waals surface area contributed by atoms with Crippen LogP contribution in [-0.4, -0.2) is 43.1 Å². The summed E-state index contributed by atoms with van der Waals surface area (Å²) in [6.07, 6.45) is 4.27. The highest BCUT2D eigenvalue weighted by Gasteiger charge is 2.13. The minimum atomic E-state index is -3.39. The van der Waals surface area contributed by atoms with Crippen molar-refractivity contribution >= 4 is 15.9 Å². The smallest absolute Gasteiger partial charge is 0.314 e. The maximum atomic E-state index is 12.1. The van der Waals surface area contributed by atoms with Gasteiger partial charge in [0.2, 0.25) is 0 Å². The van der Waals surface area contributed by atoms with E-state index in [4.69, 9.17) is 0 Å². The van der Waals surface area contributed by atoms with Crippen molar-refractivity contribution in [3.63, 3.8) is 0 Å². The van der Waals surface area contributed by atoms with Gasteiger partial charge in [0.05, 0.1) is 16.3 Å². The van der Waals surface area contributed by atoms with Crippen LogP contribution >= 0.6 is 0 Å². The zero-order chi connectivity index (χ0) is 19.8. The van der Waals surface area contributed by atoms with Crippen molar-refractivity contribution in [1.29, 1.82) is 0 Å². The third-order valence-electron chi connectivity index (χ3n) is 4.16. The molecule has 7 nitrogen and oxygen atoms in total. The van der Waals surface area contributed by atoms with Crippen LogP contribution in [0.1, 0.15) is 5.56 Å². The quantitative estimate of drug-likeness (QED) is 0.608. The van der Waals surface area contributed by atoms with Gasteiger partial charge < -0.3 is 10.6 Å². The zero-order valence-corrected chi connectivity index (χ0v) is 16.1. The van der Waals surface area contributed by atoms with Gasteiger partial charge in [-0.05, 0) is 42.3 Å². The Morgan fingerprint density at radius 3 is 2.32 bits per heavy atom. The average molecular weight is 398 g/mol. The van der Waals surface area contributed by atoms with E-state index in [1.165, 1.54) is 0 Å².